The summed E-state index contributed by atoms with van der Waals surface area (Å²) in [6, 6.07) is 35.6. The number of nitrogens with zero attached hydrogens (tertiary/aromatic N) is 3. The standard InChI is InChI=1S/C17H21N3O2.C15H16BrN3O.C15H16ClN3O/c1-2-21-15-6-3-13(4-7-15)20-14-5-8-16(19-11-14)17-12-18-9-10-22-17;2*16-11-1-3-12(4-2-11)19-13-5-6-14(18-9-13)15-10-17-7-8-20-15/h3-8,11,17-18,20H,2,9-10,12H2,1H3;2*1-6,9,15,17,19H,7-8,10H2. The Bertz CT molecular complexity index is 2080. The topological polar surface area (TPSA) is 148 Å². The molecule has 3 atom stereocenters. The number of ether oxygens (including phenoxy) is 4. The van der Waals surface area contributed by atoms with Gasteiger partial charge in [-0.3, -0.25) is 15.0 Å². The van der Waals surface area contributed by atoms with Crippen LogP contribution < -0.4 is 36.6 Å². The van der Waals surface area contributed by atoms with E-state index in [1.165, 1.54) is 0 Å². The van der Waals surface area contributed by atoms with Gasteiger partial charge in [0.15, 0.2) is 0 Å². The zero-order chi connectivity index (χ0) is 42.8. The Labute approximate surface area is 376 Å². The number of benzene rings is 3. The van der Waals surface area contributed by atoms with Gasteiger partial charge in [-0.25, -0.2) is 0 Å². The second-order valence-corrected chi connectivity index (χ2v) is 15.8. The van der Waals surface area contributed by atoms with Gasteiger partial charge < -0.3 is 50.8 Å². The number of pyridine rings is 3. The monoisotopic (exact) mass is 921 g/mol. The Morgan fingerprint density at radius 1 is 0.532 bits per heavy atom. The molecule has 3 aliphatic rings. The van der Waals surface area contributed by atoms with Crippen LogP contribution in [-0.4, -0.2) is 80.6 Å². The summed E-state index contributed by atoms with van der Waals surface area (Å²) in [7, 11) is 0. The van der Waals surface area contributed by atoms with Crippen LogP contribution in [0.2, 0.25) is 5.02 Å². The zero-order valence-corrected chi connectivity index (χ0v) is 37.0. The second kappa shape index (κ2) is 23.9. The molecule has 3 aromatic carbocycles. The lowest BCUT2D eigenvalue weighted by Gasteiger charge is -2.23. The third kappa shape index (κ3) is 14.2. The Kier molecular flexibility index (Phi) is 17.3. The van der Waals surface area contributed by atoms with Crippen molar-refractivity contribution in [2.75, 3.05) is 81.6 Å². The number of aromatic nitrogens is 3. The molecule has 0 aliphatic carbocycles. The Morgan fingerprint density at radius 3 is 1.21 bits per heavy atom. The number of anilines is 6. The highest BCUT2D eigenvalue weighted by atomic mass is 79.9. The highest BCUT2D eigenvalue weighted by Gasteiger charge is 2.18. The van der Waals surface area contributed by atoms with Gasteiger partial charge in [-0.2, -0.15) is 0 Å². The molecule has 13 nitrogen and oxygen atoms in total. The van der Waals surface area contributed by atoms with Crippen molar-refractivity contribution < 1.29 is 18.9 Å². The van der Waals surface area contributed by atoms with Gasteiger partial charge in [0, 0.05) is 65.8 Å². The maximum Gasteiger partial charge on any atom is 0.119 e. The molecule has 0 bridgehead atoms. The summed E-state index contributed by atoms with van der Waals surface area (Å²) in [6.45, 7) is 10.1. The van der Waals surface area contributed by atoms with Crippen LogP contribution in [-0.2, 0) is 14.2 Å². The predicted molar refractivity (Wildman–Crippen MR) is 250 cm³/mol. The lowest BCUT2D eigenvalue weighted by atomic mass is 10.2. The van der Waals surface area contributed by atoms with Crippen molar-refractivity contribution in [3.63, 3.8) is 0 Å². The van der Waals surface area contributed by atoms with Gasteiger partial charge >= 0.3 is 0 Å². The van der Waals surface area contributed by atoms with Crippen molar-refractivity contribution in [1.29, 1.82) is 0 Å². The maximum atomic E-state index is 5.86. The van der Waals surface area contributed by atoms with Crippen LogP contribution in [0.4, 0.5) is 34.1 Å². The van der Waals surface area contributed by atoms with E-state index in [-0.39, 0.29) is 18.3 Å². The van der Waals surface area contributed by atoms with E-state index in [2.05, 4.69) is 62.8 Å². The van der Waals surface area contributed by atoms with Gasteiger partial charge in [0.1, 0.15) is 24.1 Å². The summed E-state index contributed by atoms with van der Waals surface area (Å²) in [5, 5.41) is 20.6. The highest BCUT2D eigenvalue weighted by molar-refractivity contribution is 9.10. The van der Waals surface area contributed by atoms with Crippen molar-refractivity contribution in [3.05, 3.63) is 154 Å². The van der Waals surface area contributed by atoms with Crippen molar-refractivity contribution in [2.45, 2.75) is 25.2 Å². The minimum atomic E-state index is 0.0493. The van der Waals surface area contributed by atoms with E-state index in [4.69, 9.17) is 30.5 Å². The van der Waals surface area contributed by atoms with E-state index in [1.807, 2.05) is 135 Å². The number of rotatable bonds is 11. The average molecular weight is 923 g/mol. The number of halogens is 2. The number of hydrogen-bond acceptors (Lipinski definition) is 13. The van der Waals surface area contributed by atoms with E-state index in [0.717, 1.165) is 126 Å². The van der Waals surface area contributed by atoms with E-state index in [0.29, 0.717) is 6.61 Å². The molecule has 3 saturated heterocycles. The third-order valence-corrected chi connectivity index (χ3v) is 10.6. The molecule has 3 aromatic heterocycles. The smallest absolute Gasteiger partial charge is 0.119 e. The summed E-state index contributed by atoms with van der Waals surface area (Å²) in [5.41, 5.74) is 8.80. The van der Waals surface area contributed by atoms with Crippen LogP contribution in [0.1, 0.15) is 42.3 Å². The first-order chi connectivity index (χ1) is 30.5. The Morgan fingerprint density at radius 2 is 0.887 bits per heavy atom. The van der Waals surface area contributed by atoms with Gasteiger partial charge in [-0.05, 0) is 116 Å². The molecule has 6 aromatic rings. The minimum Gasteiger partial charge on any atom is -0.494 e. The average Bonchev–Trinajstić information content (AvgIpc) is 3.33. The molecule has 3 aliphatic heterocycles. The largest absolute Gasteiger partial charge is 0.494 e. The van der Waals surface area contributed by atoms with Crippen LogP contribution in [0.15, 0.2) is 132 Å². The minimum absolute atomic E-state index is 0.0493. The molecule has 0 spiro atoms. The first kappa shape index (κ1) is 44.9. The van der Waals surface area contributed by atoms with E-state index >= 15 is 0 Å². The van der Waals surface area contributed by atoms with Gasteiger partial charge in [-0.15, -0.1) is 0 Å². The summed E-state index contributed by atoms with van der Waals surface area (Å²) in [5.74, 6) is 0.878. The first-order valence-corrected chi connectivity index (χ1v) is 22.0. The zero-order valence-electron chi connectivity index (χ0n) is 34.7. The highest BCUT2D eigenvalue weighted by Crippen LogP contribution is 2.25. The molecule has 0 radical (unpaired) electrons. The van der Waals surface area contributed by atoms with E-state index < -0.39 is 0 Å². The molecule has 0 saturated carbocycles. The van der Waals surface area contributed by atoms with Gasteiger partial charge in [0.05, 0.1) is 79.2 Å². The number of hydrogen-bond donors (Lipinski definition) is 6. The van der Waals surface area contributed by atoms with Crippen LogP contribution in [0.3, 0.4) is 0 Å². The Hall–Kier alpha value is -5.16. The molecule has 15 heteroatoms. The molecule has 62 heavy (non-hydrogen) atoms. The predicted octanol–water partition coefficient (Wildman–Crippen LogP) is 9.27. The lowest BCUT2D eigenvalue weighted by molar-refractivity contribution is 0.0250. The summed E-state index contributed by atoms with van der Waals surface area (Å²) < 4.78 is 23.6. The molecular weight excluding hydrogens is 870 g/mol. The van der Waals surface area contributed by atoms with Crippen LogP contribution in [0, 0.1) is 0 Å². The van der Waals surface area contributed by atoms with Crippen LogP contribution >= 0.6 is 27.5 Å². The molecule has 3 fully saturated rings. The van der Waals surface area contributed by atoms with Crippen molar-refractivity contribution in [1.82, 2.24) is 30.9 Å². The van der Waals surface area contributed by atoms with Gasteiger partial charge in [0.2, 0.25) is 0 Å². The first-order valence-electron chi connectivity index (χ1n) is 20.9. The molecule has 0 amide bonds. The summed E-state index contributed by atoms with van der Waals surface area (Å²) in [4.78, 5) is 13.4. The molecule has 324 valence electrons. The maximum absolute atomic E-state index is 5.86. The fourth-order valence-electron chi connectivity index (χ4n) is 6.64. The quantitative estimate of drug-likeness (QED) is 0.0735. The Balaban J connectivity index is 0.000000140. The molecule has 6 N–H and O–H groups in total. The van der Waals surface area contributed by atoms with Crippen molar-refractivity contribution in [2.24, 2.45) is 0 Å². The van der Waals surface area contributed by atoms with Crippen molar-refractivity contribution >= 4 is 61.7 Å². The molecular formula is C47H53BrClN9O4. The fraction of sp³-hybridized carbons (Fsp3) is 0.298. The molecule has 9 rings (SSSR count). The lowest BCUT2D eigenvalue weighted by Crippen LogP contribution is -2.33. The fourth-order valence-corrected chi connectivity index (χ4v) is 7.03. The van der Waals surface area contributed by atoms with Crippen LogP contribution in [0.25, 0.3) is 0 Å². The third-order valence-electron chi connectivity index (χ3n) is 9.85. The summed E-state index contributed by atoms with van der Waals surface area (Å²) >= 11 is 9.29. The normalized spacial score (nSPS) is 18.5. The SMILES string of the molecule is Brc1ccc(Nc2ccc(C3CNCCO3)nc2)cc1.CCOc1ccc(Nc2ccc(C3CNCCO3)nc2)cc1.Clc1ccc(Nc2ccc(C3CNCCO3)nc2)cc1. The van der Waals surface area contributed by atoms with Gasteiger partial charge in [0.25, 0.3) is 0 Å². The van der Waals surface area contributed by atoms with Crippen LogP contribution in [0.5, 0.6) is 5.75 Å². The number of morpholine rings is 3. The number of nitrogens with one attached hydrogen (secondary N) is 6. The summed E-state index contributed by atoms with van der Waals surface area (Å²) in [6.07, 6.45) is 5.66. The van der Waals surface area contributed by atoms with E-state index in [9.17, 15) is 0 Å². The van der Waals surface area contributed by atoms with E-state index in [1.54, 1.807) is 0 Å². The van der Waals surface area contributed by atoms with Gasteiger partial charge in [-0.1, -0.05) is 27.5 Å². The van der Waals surface area contributed by atoms with Crippen molar-refractivity contribution in [3.8, 4) is 5.75 Å². The second-order valence-electron chi connectivity index (χ2n) is 14.5. The molecule has 3 unspecified atom stereocenters. The molecule has 6 heterocycles.